The topological polar surface area (TPSA) is 29.9 Å². The average Bonchev–Trinajstić information content (AvgIpc) is 2.78. The van der Waals surface area contributed by atoms with Crippen LogP contribution in [0.25, 0.3) is 0 Å². The van der Waals surface area contributed by atoms with Crippen LogP contribution in [-0.2, 0) is 13.0 Å². The quantitative estimate of drug-likeness (QED) is 0.868. The Bertz CT molecular complexity index is 563. The monoisotopic (exact) mass is 335 g/mol. The van der Waals surface area contributed by atoms with E-state index in [0.717, 1.165) is 29.7 Å². The Hall–Kier alpha value is -1.13. The summed E-state index contributed by atoms with van der Waals surface area (Å²) in [6.45, 7) is 8.21. The van der Waals surface area contributed by atoms with Crippen molar-refractivity contribution in [2.75, 3.05) is 6.54 Å². The first-order chi connectivity index (χ1) is 9.63. The molecule has 1 atom stereocenters. The molecule has 0 aliphatic rings. The fourth-order valence-corrected chi connectivity index (χ4v) is 2.94. The second-order valence-corrected chi connectivity index (χ2v) is 5.88. The van der Waals surface area contributed by atoms with Crippen LogP contribution in [0.5, 0.6) is 0 Å². The summed E-state index contributed by atoms with van der Waals surface area (Å²) in [4.78, 5) is 0. The van der Waals surface area contributed by atoms with Gasteiger partial charge in [-0.3, -0.25) is 4.68 Å². The molecule has 0 amide bonds. The summed E-state index contributed by atoms with van der Waals surface area (Å²) in [7, 11) is 0. The molecule has 1 aromatic carbocycles. The number of hydrogen-bond donors (Lipinski definition) is 1. The number of likely N-dealkylation sites (N-methyl/N-ethyl adjacent to an activating group) is 1. The normalized spacial score (nSPS) is 12.6. The highest BCUT2D eigenvalue weighted by atomic mass is 79.9. The first-order valence-electron chi connectivity index (χ1n) is 7.16. The van der Waals surface area contributed by atoms with Crippen LogP contribution in [0.4, 0.5) is 0 Å². The van der Waals surface area contributed by atoms with Crippen molar-refractivity contribution in [1.29, 1.82) is 0 Å². The SMILES string of the molecule is CCNC(Cc1cc(C)nn1CC)c1cccc(Br)c1. The Balaban J connectivity index is 2.25. The standard InChI is InChI=1S/C16H22BrN3/c1-4-18-16(13-7-6-8-14(17)10-13)11-15-9-12(3)19-20(15)5-2/h6-10,16,18H,4-5,11H2,1-3H3. The minimum Gasteiger partial charge on any atom is -0.310 e. The minimum absolute atomic E-state index is 0.318. The zero-order chi connectivity index (χ0) is 14.5. The van der Waals surface area contributed by atoms with Crippen LogP contribution in [0.3, 0.4) is 0 Å². The lowest BCUT2D eigenvalue weighted by molar-refractivity contribution is 0.516. The Morgan fingerprint density at radius 3 is 2.75 bits per heavy atom. The highest BCUT2D eigenvalue weighted by molar-refractivity contribution is 9.10. The molecule has 1 aromatic heterocycles. The molecule has 2 rings (SSSR count). The van der Waals surface area contributed by atoms with Crippen molar-refractivity contribution in [3.63, 3.8) is 0 Å². The second-order valence-electron chi connectivity index (χ2n) is 4.96. The molecule has 0 bridgehead atoms. The molecule has 1 heterocycles. The third kappa shape index (κ3) is 3.70. The van der Waals surface area contributed by atoms with Crippen molar-refractivity contribution < 1.29 is 0 Å². The summed E-state index contributed by atoms with van der Waals surface area (Å²) in [5.74, 6) is 0. The lowest BCUT2D eigenvalue weighted by Crippen LogP contribution is -2.24. The van der Waals surface area contributed by atoms with Gasteiger partial charge in [0.1, 0.15) is 0 Å². The maximum absolute atomic E-state index is 4.53. The van der Waals surface area contributed by atoms with Crippen molar-refractivity contribution in [3.05, 3.63) is 51.8 Å². The van der Waals surface area contributed by atoms with Crippen molar-refractivity contribution in [1.82, 2.24) is 15.1 Å². The molecule has 1 N–H and O–H groups in total. The zero-order valence-corrected chi connectivity index (χ0v) is 13.9. The molecular formula is C16H22BrN3. The molecule has 1 unspecified atom stereocenters. The van der Waals surface area contributed by atoms with E-state index in [0.29, 0.717) is 6.04 Å². The van der Waals surface area contributed by atoms with E-state index in [1.807, 2.05) is 0 Å². The fourth-order valence-electron chi connectivity index (χ4n) is 2.52. The summed E-state index contributed by atoms with van der Waals surface area (Å²) >= 11 is 3.55. The first kappa shape index (κ1) is 15.3. The number of rotatable bonds is 6. The summed E-state index contributed by atoms with van der Waals surface area (Å²) in [6.07, 6.45) is 0.957. The van der Waals surface area contributed by atoms with Gasteiger partial charge in [0.2, 0.25) is 0 Å². The Morgan fingerprint density at radius 1 is 1.30 bits per heavy atom. The van der Waals surface area contributed by atoms with E-state index in [1.54, 1.807) is 0 Å². The average molecular weight is 336 g/mol. The molecule has 2 aromatic rings. The Morgan fingerprint density at radius 2 is 2.10 bits per heavy atom. The van der Waals surface area contributed by atoms with Gasteiger partial charge in [-0.1, -0.05) is 35.0 Å². The number of benzene rings is 1. The number of aromatic nitrogens is 2. The van der Waals surface area contributed by atoms with E-state index in [-0.39, 0.29) is 0 Å². The van der Waals surface area contributed by atoms with Gasteiger partial charge in [-0.2, -0.15) is 5.10 Å². The maximum Gasteiger partial charge on any atom is 0.0596 e. The van der Waals surface area contributed by atoms with Crippen molar-refractivity contribution in [2.45, 2.75) is 39.8 Å². The number of nitrogens with zero attached hydrogens (tertiary/aromatic N) is 2. The molecule has 0 aliphatic heterocycles. The largest absolute Gasteiger partial charge is 0.310 e. The summed E-state index contributed by atoms with van der Waals surface area (Å²) in [5.41, 5.74) is 3.69. The molecule has 0 radical (unpaired) electrons. The van der Waals surface area contributed by atoms with Gasteiger partial charge in [0.05, 0.1) is 5.69 Å². The summed E-state index contributed by atoms with van der Waals surface area (Å²) < 4.78 is 3.22. The van der Waals surface area contributed by atoms with Gasteiger partial charge in [-0.25, -0.2) is 0 Å². The zero-order valence-electron chi connectivity index (χ0n) is 12.4. The Labute approximate surface area is 129 Å². The molecule has 108 valence electrons. The van der Waals surface area contributed by atoms with Gasteiger partial charge in [0, 0.05) is 29.2 Å². The fraction of sp³-hybridized carbons (Fsp3) is 0.438. The molecular weight excluding hydrogens is 314 g/mol. The number of aryl methyl sites for hydroxylation is 2. The lowest BCUT2D eigenvalue weighted by Gasteiger charge is -2.19. The minimum atomic E-state index is 0.318. The molecule has 0 saturated heterocycles. The van der Waals surface area contributed by atoms with Crippen LogP contribution in [0.15, 0.2) is 34.8 Å². The lowest BCUT2D eigenvalue weighted by atomic mass is 10.0. The number of nitrogens with one attached hydrogen (secondary N) is 1. The van der Waals surface area contributed by atoms with Crippen LogP contribution in [-0.4, -0.2) is 16.3 Å². The Kier molecular flexibility index (Phi) is 5.38. The van der Waals surface area contributed by atoms with Crippen LogP contribution in [0, 0.1) is 6.92 Å². The first-order valence-corrected chi connectivity index (χ1v) is 7.95. The van der Waals surface area contributed by atoms with E-state index >= 15 is 0 Å². The predicted octanol–water partition coefficient (Wildman–Crippen LogP) is 3.87. The maximum atomic E-state index is 4.53. The highest BCUT2D eigenvalue weighted by Gasteiger charge is 2.14. The summed E-state index contributed by atoms with van der Waals surface area (Å²) in [5, 5.41) is 8.11. The molecule has 3 nitrogen and oxygen atoms in total. The van der Waals surface area contributed by atoms with Crippen molar-refractivity contribution >= 4 is 15.9 Å². The molecule has 0 spiro atoms. The molecule has 0 fully saturated rings. The van der Waals surface area contributed by atoms with E-state index in [4.69, 9.17) is 0 Å². The van der Waals surface area contributed by atoms with E-state index < -0.39 is 0 Å². The third-order valence-corrected chi connectivity index (χ3v) is 3.89. The van der Waals surface area contributed by atoms with E-state index in [2.05, 4.69) is 82.1 Å². The van der Waals surface area contributed by atoms with Crippen molar-refractivity contribution in [3.8, 4) is 0 Å². The molecule has 0 aliphatic carbocycles. The van der Waals surface area contributed by atoms with Crippen molar-refractivity contribution in [2.24, 2.45) is 0 Å². The van der Waals surface area contributed by atoms with Crippen LogP contribution in [0.2, 0.25) is 0 Å². The van der Waals surface area contributed by atoms with Crippen LogP contribution >= 0.6 is 15.9 Å². The van der Waals surface area contributed by atoms with Gasteiger partial charge < -0.3 is 5.32 Å². The molecule has 0 saturated carbocycles. The number of halogens is 1. The molecule has 20 heavy (non-hydrogen) atoms. The van der Waals surface area contributed by atoms with Gasteiger partial charge in [-0.05, 0) is 44.2 Å². The van der Waals surface area contributed by atoms with Crippen LogP contribution in [0.1, 0.15) is 36.8 Å². The van der Waals surface area contributed by atoms with E-state index in [9.17, 15) is 0 Å². The highest BCUT2D eigenvalue weighted by Crippen LogP contribution is 2.22. The third-order valence-electron chi connectivity index (χ3n) is 3.40. The van der Waals surface area contributed by atoms with Gasteiger partial charge in [-0.15, -0.1) is 0 Å². The number of hydrogen-bond acceptors (Lipinski definition) is 2. The van der Waals surface area contributed by atoms with Crippen LogP contribution < -0.4 is 5.32 Å². The predicted molar refractivity (Wildman–Crippen MR) is 86.9 cm³/mol. The second kappa shape index (κ2) is 7.04. The summed E-state index contributed by atoms with van der Waals surface area (Å²) in [6, 6.07) is 11.0. The van der Waals surface area contributed by atoms with Gasteiger partial charge in [0.15, 0.2) is 0 Å². The molecule has 4 heteroatoms. The van der Waals surface area contributed by atoms with Gasteiger partial charge in [0.25, 0.3) is 0 Å². The van der Waals surface area contributed by atoms with Gasteiger partial charge >= 0.3 is 0 Å². The smallest absolute Gasteiger partial charge is 0.0596 e. The van der Waals surface area contributed by atoms with E-state index in [1.165, 1.54) is 11.3 Å².